The molecule has 0 saturated carbocycles. The molecule has 1 heterocycles. The highest BCUT2D eigenvalue weighted by molar-refractivity contribution is 7.89. The van der Waals surface area contributed by atoms with Crippen LogP contribution in [-0.4, -0.2) is 49.6 Å². The van der Waals surface area contributed by atoms with E-state index in [9.17, 15) is 8.42 Å². The molecule has 0 bridgehead atoms. The molecule has 0 aromatic heterocycles. The molecule has 1 aromatic rings. The predicted molar refractivity (Wildman–Crippen MR) is 99.0 cm³/mol. The second-order valence-electron chi connectivity index (χ2n) is 6.38. The maximum Gasteiger partial charge on any atom is 0.372 e. The Kier molecular flexibility index (Phi) is 6.80. The second kappa shape index (κ2) is 8.28. The third-order valence-electron chi connectivity index (χ3n) is 5.20. The van der Waals surface area contributed by atoms with Crippen LogP contribution in [0.5, 0.6) is 0 Å². The van der Waals surface area contributed by atoms with Gasteiger partial charge in [0.25, 0.3) is 0 Å². The van der Waals surface area contributed by atoms with Crippen molar-refractivity contribution in [1.82, 2.24) is 4.72 Å². The lowest BCUT2D eigenvalue weighted by molar-refractivity contribution is -0.0319. The maximum absolute atomic E-state index is 12.9. The molecule has 1 N–H and O–H groups in total. The summed E-state index contributed by atoms with van der Waals surface area (Å²) >= 11 is 0. The van der Waals surface area contributed by atoms with Gasteiger partial charge in [-0.3, -0.25) is 0 Å². The van der Waals surface area contributed by atoms with E-state index in [-0.39, 0.29) is 10.9 Å². The number of rotatable bonds is 8. The minimum Gasteiger partial charge on any atom is -0.396 e. The Morgan fingerprint density at radius 3 is 2.36 bits per heavy atom. The summed E-state index contributed by atoms with van der Waals surface area (Å²) in [5, 5.41) is -0.759. The number of hydrogen-bond acceptors (Lipinski definition) is 5. The van der Waals surface area contributed by atoms with E-state index in [2.05, 4.69) is 11.6 Å². The van der Waals surface area contributed by atoms with Gasteiger partial charge in [-0.2, -0.15) is 0 Å². The minimum absolute atomic E-state index is 0.254. The van der Waals surface area contributed by atoms with E-state index in [1.54, 1.807) is 51.7 Å². The monoisotopic (exact) mass is 387 g/mol. The zero-order valence-corrected chi connectivity index (χ0v) is 17.3. The molecule has 2 atom stereocenters. The van der Waals surface area contributed by atoms with Crippen molar-refractivity contribution in [2.45, 2.75) is 54.8 Å². The van der Waals surface area contributed by atoms with Crippen molar-refractivity contribution in [1.29, 1.82) is 0 Å². The Hall–Kier alpha value is -0.773. The van der Waals surface area contributed by atoms with Gasteiger partial charge in [0.1, 0.15) is 5.22 Å². The normalized spacial score (nSPS) is 26.5. The van der Waals surface area contributed by atoms with Crippen LogP contribution in [0, 0.1) is 0 Å². The molecular formula is C17H29NO5SSi. The summed E-state index contributed by atoms with van der Waals surface area (Å²) in [6.45, 7) is 2.06. The van der Waals surface area contributed by atoms with Crippen LogP contribution < -0.4 is 4.72 Å². The average molecular weight is 388 g/mol. The van der Waals surface area contributed by atoms with E-state index in [0.717, 1.165) is 18.9 Å². The van der Waals surface area contributed by atoms with Gasteiger partial charge >= 0.3 is 8.56 Å². The van der Waals surface area contributed by atoms with Crippen molar-refractivity contribution in [2.75, 3.05) is 21.3 Å². The molecule has 0 spiro atoms. The fraction of sp³-hybridized carbons (Fsp3) is 0.647. The summed E-state index contributed by atoms with van der Waals surface area (Å²) in [5.41, 5.74) is 0. The number of benzene rings is 1. The van der Waals surface area contributed by atoms with Gasteiger partial charge in [-0.15, -0.1) is 0 Å². The number of methoxy groups -OCH3 is 1. The van der Waals surface area contributed by atoms with Crippen LogP contribution in [0.1, 0.15) is 32.6 Å². The molecule has 25 heavy (non-hydrogen) atoms. The van der Waals surface area contributed by atoms with Gasteiger partial charge in [-0.1, -0.05) is 31.5 Å². The van der Waals surface area contributed by atoms with Crippen LogP contribution in [-0.2, 0) is 23.6 Å². The molecule has 6 nitrogen and oxygen atoms in total. The fourth-order valence-corrected chi connectivity index (χ4v) is 9.51. The van der Waals surface area contributed by atoms with Crippen LogP contribution in [0.4, 0.5) is 0 Å². The van der Waals surface area contributed by atoms with Crippen molar-refractivity contribution in [3.05, 3.63) is 30.3 Å². The molecule has 1 aliphatic rings. The zero-order chi connectivity index (χ0) is 18.6. The summed E-state index contributed by atoms with van der Waals surface area (Å²) in [6.07, 6.45) is 3.06. The van der Waals surface area contributed by atoms with Crippen LogP contribution in [0.3, 0.4) is 0 Å². The number of ether oxygens (including phenoxy) is 1. The minimum atomic E-state index is -3.64. The third-order valence-corrected chi connectivity index (χ3v) is 11.1. The predicted octanol–water partition coefficient (Wildman–Crippen LogP) is 2.59. The smallest absolute Gasteiger partial charge is 0.372 e. The van der Waals surface area contributed by atoms with Gasteiger partial charge in [0.15, 0.2) is 0 Å². The number of sulfonamides is 1. The molecule has 2 rings (SSSR count). The highest BCUT2D eigenvalue weighted by atomic mass is 32.2. The third kappa shape index (κ3) is 3.69. The van der Waals surface area contributed by atoms with Crippen molar-refractivity contribution < 1.29 is 22.0 Å². The van der Waals surface area contributed by atoms with Gasteiger partial charge in [0.05, 0.1) is 10.9 Å². The van der Waals surface area contributed by atoms with E-state index in [0.29, 0.717) is 12.8 Å². The molecule has 0 radical (unpaired) electrons. The summed E-state index contributed by atoms with van der Waals surface area (Å²) in [4.78, 5) is 0.254. The lowest BCUT2D eigenvalue weighted by Gasteiger charge is -2.52. The van der Waals surface area contributed by atoms with Gasteiger partial charge in [0, 0.05) is 21.3 Å². The molecule has 1 aliphatic heterocycles. The summed E-state index contributed by atoms with van der Waals surface area (Å²) in [6, 6.07) is 8.82. The van der Waals surface area contributed by atoms with Crippen LogP contribution in [0.2, 0.25) is 6.04 Å². The standard InChI is InChI=1S/C17H29NO5SSi/c1-5-13-17(21-2)16(12-9-14-25(17,22-3)23-4)18-24(19,20)15-10-7-6-8-11-15/h6-8,10-11,16,18H,5,9,12-14H2,1-4H3. The molecule has 0 amide bonds. The summed E-state index contributed by atoms with van der Waals surface area (Å²) in [7, 11) is -1.47. The lowest BCUT2D eigenvalue weighted by atomic mass is 10.0. The molecular weight excluding hydrogens is 358 g/mol. The molecule has 1 aromatic carbocycles. The number of nitrogens with one attached hydrogen (secondary N) is 1. The molecule has 1 saturated heterocycles. The quantitative estimate of drug-likeness (QED) is 0.694. The van der Waals surface area contributed by atoms with Gasteiger partial charge in [-0.25, -0.2) is 13.1 Å². The van der Waals surface area contributed by atoms with Crippen molar-refractivity contribution >= 4 is 18.6 Å². The first-order chi connectivity index (χ1) is 11.9. The Balaban J connectivity index is 2.43. The van der Waals surface area contributed by atoms with Gasteiger partial charge in [-0.05, 0) is 37.4 Å². The first kappa shape index (κ1) is 20.5. The Labute approximate surface area is 152 Å². The zero-order valence-electron chi connectivity index (χ0n) is 15.4. The molecule has 142 valence electrons. The largest absolute Gasteiger partial charge is 0.396 e. The molecule has 2 unspecified atom stereocenters. The van der Waals surface area contributed by atoms with E-state index >= 15 is 0 Å². The summed E-state index contributed by atoms with van der Waals surface area (Å²) in [5.74, 6) is 0. The highest BCUT2D eigenvalue weighted by Gasteiger charge is 2.63. The lowest BCUT2D eigenvalue weighted by Crippen LogP contribution is -2.73. The van der Waals surface area contributed by atoms with Gasteiger partial charge < -0.3 is 13.6 Å². The molecule has 1 fully saturated rings. The van der Waals surface area contributed by atoms with E-state index in [1.807, 2.05) is 0 Å². The Morgan fingerprint density at radius 2 is 1.84 bits per heavy atom. The van der Waals surface area contributed by atoms with Crippen molar-refractivity contribution in [3.63, 3.8) is 0 Å². The Morgan fingerprint density at radius 1 is 1.20 bits per heavy atom. The van der Waals surface area contributed by atoms with E-state index in [1.165, 1.54) is 0 Å². The topological polar surface area (TPSA) is 73.9 Å². The molecule has 0 aliphatic carbocycles. The van der Waals surface area contributed by atoms with Crippen LogP contribution in [0.15, 0.2) is 35.2 Å². The first-order valence-corrected chi connectivity index (χ1v) is 12.1. The van der Waals surface area contributed by atoms with Crippen LogP contribution >= 0.6 is 0 Å². The van der Waals surface area contributed by atoms with E-state index in [4.69, 9.17) is 13.6 Å². The number of hydrogen-bond donors (Lipinski definition) is 1. The Bertz CT molecular complexity index is 650. The SMILES string of the molecule is CCCC1(OC)C(NS(=O)(=O)c2ccccc2)CCC[Si]1(OC)OC. The summed E-state index contributed by atoms with van der Waals surface area (Å²) < 4.78 is 46.4. The second-order valence-corrected chi connectivity index (χ2v) is 11.8. The van der Waals surface area contributed by atoms with Crippen molar-refractivity contribution in [3.8, 4) is 0 Å². The fourth-order valence-electron chi connectivity index (χ4n) is 4.03. The van der Waals surface area contributed by atoms with E-state index < -0.39 is 23.8 Å². The highest BCUT2D eigenvalue weighted by Crippen LogP contribution is 2.43. The first-order valence-electron chi connectivity index (χ1n) is 8.64. The maximum atomic E-state index is 12.9. The van der Waals surface area contributed by atoms with Crippen molar-refractivity contribution in [2.24, 2.45) is 0 Å². The molecule has 8 heteroatoms. The van der Waals surface area contributed by atoms with Gasteiger partial charge in [0.2, 0.25) is 10.0 Å². The van der Waals surface area contributed by atoms with Crippen LogP contribution in [0.25, 0.3) is 0 Å². The average Bonchev–Trinajstić information content (AvgIpc) is 2.63.